The van der Waals surface area contributed by atoms with E-state index in [0.717, 1.165) is 6.42 Å². The summed E-state index contributed by atoms with van der Waals surface area (Å²) in [6, 6.07) is 4.65. The Morgan fingerprint density at radius 2 is 2.33 bits per heavy atom. The van der Waals surface area contributed by atoms with E-state index in [0.29, 0.717) is 6.04 Å². The summed E-state index contributed by atoms with van der Waals surface area (Å²) in [6.45, 7) is 2.06. The molecule has 3 heteroatoms. The van der Waals surface area contributed by atoms with Gasteiger partial charge >= 0.3 is 0 Å². The molecule has 70 valence electrons. The van der Waals surface area contributed by atoms with Crippen LogP contribution in [0.4, 0.5) is 0 Å². The minimum Gasteiger partial charge on any atom is -0.328 e. The fourth-order valence-corrected chi connectivity index (χ4v) is 1.80. The molecule has 12 heavy (non-hydrogen) atoms. The van der Waals surface area contributed by atoms with Gasteiger partial charge in [0.05, 0.1) is 0 Å². The molecule has 0 saturated carbocycles. The number of hydrogen-bond acceptors (Lipinski definition) is 2. The highest BCUT2D eigenvalue weighted by Gasteiger charge is 1.96. The SMILES string of the molecule is CC(N)CCCc1cccs1.Cl. The molecule has 0 saturated heterocycles. The summed E-state index contributed by atoms with van der Waals surface area (Å²) in [5, 5.41) is 2.13. The lowest BCUT2D eigenvalue weighted by Crippen LogP contribution is -2.14. The third-order valence-corrected chi connectivity index (χ3v) is 2.60. The van der Waals surface area contributed by atoms with Crippen molar-refractivity contribution in [2.75, 3.05) is 0 Å². The standard InChI is InChI=1S/C9H15NS.ClH/c1-8(10)4-2-5-9-6-3-7-11-9;/h3,6-8H,2,4-5,10H2,1H3;1H. The highest BCUT2D eigenvalue weighted by molar-refractivity contribution is 7.09. The van der Waals surface area contributed by atoms with E-state index in [2.05, 4.69) is 24.4 Å². The molecule has 1 rings (SSSR count). The predicted octanol–water partition coefficient (Wildman–Crippen LogP) is 2.84. The van der Waals surface area contributed by atoms with Crippen LogP contribution in [0.15, 0.2) is 17.5 Å². The average Bonchev–Trinajstić information content (AvgIpc) is 2.39. The van der Waals surface area contributed by atoms with E-state index >= 15 is 0 Å². The van der Waals surface area contributed by atoms with Gasteiger partial charge in [0.15, 0.2) is 0 Å². The molecular weight excluding hydrogens is 190 g/mol. The van der Waals surface area contributed by atoms with E-state index in [4.69, 9.17) is 5.73 Å². The van der Waals surface area contributed by atoms with Crippen LogP contribution in [-0.4, -0.2) is 6.04 Å². The third-order valence-electron chi connectivity index (χ3n) is 1.66. The zero-order valence-electron chi connectivity index (χ0n) is 7.32. The van der Waals surface area contributed by atoms with Crippen LogP contribution in [0.1, 0.15) is 24.6 Å². The zero-order chi connectivity index (χ0) is 8.10. The van der Waals surface area contributed by atoms with Crippen LogP contribution in [0.5, 0.6) is 0 Å². The Kier molecular flexibility index (Phi) is 6.44. The predicted molar refractivity (Wildman–Crippen MR) is 58.2 cm³/mol. The number of thiophene rings is 1. The fraction of sp³-hybridized carbons (Fsp3) is 0.556. The Morgan fingerprint density at radius 1 is 1.58 bits per heavy atom. The zero-order valence-corrected chi connectivity index (χ0v) is 8.96. The summed E-state index contributed by atoms with van der Waals surface area (Å²) < 4.78 is 0. The largest absolute Gasteiger partial charge is 0.328 e. The van der Waals surface area contributed by atoms with Gasteiger partial charge in [-0.25, -0.2) is 0 Å². The molecule has 0 aliphatic rings. The summed E-state index contributed by atoms with van der Waals surface area (Å²) in [5.74, 6) is 0. The van der Waals surface area contributed by atoms with Crippen LogP contribution in [0.25, 0.3) is 0 Å². The first-order valence-corrected chi connectivity index (χ1v) is 4.95. The monoisotopic (exact) mass is 205 g/mol. The molecule has 0 spiro atoms. The van der Waals surface area contributed by atoms with Gasteiger partial charge in [-0.15, -0.1) is 23.7 Å². The number of rotatable bonds is 4. The van der Waals surface area contributed by atoms with E-state index in [1.54, 1.807) is 0 Å². The van der Waals surface area contributed by atoms with Crippen molar-refractivity contribution in [3.05, 3.63) is 22.4 Å². The van der Waals surface area contributed by atoms with Crippen molar-refractivity contribution in [3.8, 4) is 0 Å². The maximum Gasteiger partial charge on any atom is 0.00452 e. The van der Waals surface area contributed by atoms with Crippen molar-refractivity contribution in [2.24, 2.45) is 5.73 Å². The topological polar surface area (TPSA) is 26.0 Å². The number of halogens is 1. The maximum absolute atomic E-state index is 5.64. The fourth-order valence-electron chi connectivity index (χ4n) is 1.05. The molecule has 0 aromatic carbocycles. The Labute approximate surface area is 84.4 Å². The first-order chi connectivity index (χ1) is 5.29. The van der Waals surface area contributed by atoms with Gasteiger partial charge in [-0.2, -0.15) is 0 Å². The lowest BCUT2D eigenvalue weighted by atomic mass is 10.1. The van der Waals surface area contributed by atoms with E-state index in [9.17, 15) is 0 Å². The Morgan fingerprint density at radius 3 is 2.83 bits per heavy atom. The molecule has 0 bridgehead atoms. The molecular formula is C9H16ClNS. The Hall–Kier alpha value is -0.0500. The first-order valence-electron chi connectivity index (χ1n) is 4.07. The van der Waals surface area contributed by atoms with Gasteiger partial charge in [-0.3, -0.25) is 0 Å². The van der Waals surface area contributed by atoms with Crippen molar-refractivity contribution in [1.29, 1.82) is 0 Å². The van der Waals surface area contributed by atoms with Crippen molar-refractivity contribution in [1.82, 2.24) is 0 Å². The quantitative estimate of drug-likeness (QED) is 0.804. The van der Waals surface area contributed by atoms with Crippen LogP contribution in [0.2, 0.25) is 0 Å². The summed E-state index contributed by atoms with van der Waals surface area (Å²) in [6.07, 6.45) is 3.55. The molecule has 2 N–H and O–H groups in total. The van der Waals surface area contributed by atoms with Crippen LogP contribution in [-0.2, 0) is 6.42 Å². The lowest BCUT2D eigenvalue weighted by molar-refractivity contribution is 0.627. The second kappa shape index (κ2) is 6.46. The number of nitrogens with two attached hydrogens (primary N) is 1. The summed E-state index contributed by atoms with van der Waals surface area (Å²) >= 11 is 1.83. The second-order valence-electron chi connectivity index (χ2n) is 2.95. The highest BCUT2D eigenvalue weighted by atomic mass is 35.5. The molecule has 1 nitrogen and oxygen atoms in total. The molecule has 1 aromatic rings. The van der Waals surface area contributed by atoms with Crippen LogP contribution < -0.4 is 5.73 Å². The molecule has 1 atom stereocenters. The summed E-state index contributed by atoms with van der Waals surface area (Å²) in [4.78, 5) is 1.48. The van der Waals surface area contributed by atoms with Crippen molar-refractivity contribution < 1.29 is 0 Å². The van der Waals surface area contributed by atoms with Gasteiger partial charge in [0, 0.05) is 10.9 Å². The molecule has 1 heterocycles. The van der Waals surface area contributed by atoms with E-state index < -0.39 is 0 Å². The number of aryl methyl sites for hydroxylation is 1. The first kappa shape index (κ1) is 11.9. The van der Waals surface area contributed by atoms with E-state index in [1.165, 1.54) is 17.7 Å². The minimum atomic E-state index is 0. The van der Waals surface area contributed by atoms with Gasteiger partial charge in [0.2, 0.25) is 0 Å². The van der Waals surface area contributed by atoms with E-state index in [-0.39, 0.29) is 12.4 Å². The molecule has 0 amide bonds. The molecule has 1 aromatic heterocycles. The summed E-state index contributed by atoms with van der Waals surface area (Å²) in [5.41, 5.74) is 5.64. The van der Waals surface area contributed by atoms with Gasteiger partial charge < -0.3 is 5.73 Å². The van der Waals surface area contributed by atoms with Gasteiger partial charge in [0.25, 0.3) is 0 Å². The Balaban J connectivity index is 0.00000121. The average molecular weight is 206 g/mol. The molecule has 0 aliphatic heterocycles. The molecule has 0 fully saturated rings. The molecule has 0 radical (unpaired) electrons. The van der Waals surface area contributed by atoms with Gasteiger partial charge in [-0.1, -0.05) is 6.07 Å². The summed E-state index contributed by atoms with van der Waals surface area (Å²) in [7, 11) is 0. The van der Waals surface area contributed by atoms with Gasteiger partial charge in [-0.05, 0) is 37.6 Å². The Bertz CT molecular complexity index is 184. The molecule has 1 unspecified atom stereocenters. The van der Waals surface area contributed by atoms with Crippen LogP contribution >= 0.6 is 23.7 Å². The van der Waals surface area contributed by atoms with Crippen molar-refractivity contribution >= 4 is 23.7 Å². The normalized spacial score (nSPS) is 12.2. The smallest absolute Gasteiger partial charge is 0.00452 e. The van der Waals surface area contributed by atoms with Crippen molar-refractivity contribution in [2.45, 2.75) is 32.2 Å². The second-order valence-corrected chi connectivity index (χ2v) is 3.98. The highest BCUT2D eigenvalue weighted by Crippen LogP contribution is 2.12. The maximum atomic E-state index is 5.64. The van der Waals surface area contributed by atoms with E-state index in [1.807, 2.05) is 11.3 Å². The number of hydrogen-bond donors (Lipinski definition) is 1. The van der Waals surface area contributed by atoms with Gasteiger partial charge in [0.1, 0.15) is 0 Å². The third kappa shape index (κ3) is 4.75. The molecule has 0 aliphatic carbocycles. The van der Waals surface area contributed by atoms with Crippen LogP contribution in [0.3, 0.4) is 0 Å². The van der Waals surface area contributed by atoms with Crippen LogP contribution in [0, 0.1) is 0 Å². The minimum absolute atomic E-state index is 0. The van der Waals surface area contributed by atoms with Crippen molar-refractivity contribution in [3.63, 3.8) is 0 Å². The lowest BCUT2D eigenvalue weighted by Gasteiger charge is -2.02.